The summed E-state index contributed by atoms with van der Waals surface area (Å²) in [5.74, 6) is 0.677. The number of hydrogen-bond acceptors (Lipinski definition) is 2. The van der Waals surface area contributed by atoms with Crippen molar-refractivity contribution in [2.24, 2.45) is 0 Å². The van der Waals surface area contributed by atoms with Gasteiger partial charge >= 0.3 is 0 Å². The van der Waals surface area contributed by atoms with E-state index >= 15 is 0 Å². The molecule has 1 atom stereocenters. The van der Waals surface area contributed by atoms with Crippen LogP contribution in [0.4, 0.5) is 0 Å². The van der Waals surface area contributed by atoms with Crippen LogP contribution in [-0.4, -0.2) is 18.1 Å². The van der Waals surface area contributed by atoms with Gasteiger partial charge in [-0.2, -0.15) is 0 Å². The van der Waals surface area contributed by atoms with Crippen LogP contribution in [0.25, 0.3) is 10.8 Å². The van der Waals surface area contributed by atoms with E-state index < -0.39 is 0 Å². The molecule has 0 amide bonds. The maximum atomic E-state index is 4.16. The van der Waals surface area contributed by atoms with Crippen LogP contribution in [0.2, 0.25) is 0 Å². The molecule has 0 bridgehead atoms. The quantitative estimate of drug-likeness (QED) is 0.760. The molecule has 2 heterocycles. The van der Waals surface area contributed by atoms with E-state index in [0.717, 1.165) is 13.1 Å². The predicted molar refractivity (Wildman–Crippen MR) is 62.0 cm³/mol. The Morgan fingerprint density at radius 2 is 2.27 bits per heavy atom. The molecule has 1 fully saturated rings. The Morgan fingerprint density at radius 1 is 1.27 bits per heavy atom. The second-order valence-corrected chi connectivity index (χ2v) is 4.13. The van der Waals surface area contributed by atoms with Gasteiger partial charge in [-0.3, -0.25) is 4.98 Å². The molecule has 1 aromatic carbocycles. The van der Waals surface area contributed by atoms with Crippen molar-refractivity contribution in [1.29, 1.82) is 0 Å². The molecule has 3 rings (SSSR count). The molecule has 1 aromatic heterocycles. The summed E-state index contributed by atoms with van der Waals surface area (Å²) in [5.41, 5.74) is 1.47. The predicted octanol–water partition coefficient (Wildman–Crippen LogP) is 2.31. The normalized spacial score (nSPS) is 20.9. The van der Waals surface area contributed by atoms with Crippen LogP contribution in [0.1, 0.15) is 17.9 Å². The number of pyridine rings is 1. The van der Waals surface area contributed by atoms with E-state index in [1.165, 1.54) is 22.8 Å². The van der Waals surface area contributed by atoms with Crippen LogP contribution in [0.3, 0.4) is 0 Å². The molecular weight excluding hydrogens is 184 g/mol. The van der Waals surface area contributed by atoms with Crippen molar-refractivity contribution < 1.29 is 0 Å². The largest absolute Gasteiger partial charge is 0.316 e. The summed E-state index contributed by atoms with van der Waals surface area (Å²) in [7, 11) is 0. The fourth-order valence-corrected chi connectivity index (χ4v) is 2.42. The highest BCUT2D eigenvalue weighted by atomic mass is 14.9. The van der Waals surface area contributed by atoms with Crippen molar-refractivity contribution in [3.8, 4) is 0 Å². The monoisotopic (exact) mass is 198 g/mol. The van der Waals surface area contributed by atoms with E-state index in [0.29, 0.717) is 5.92 Å². The number of hydrogen-bond donors (Lipinski definition) is 1. The average Bonchev–Trinajstić information content (AvgIpc) is 2.82. The third-order valence-corrected chi connectivity index (χ3v) is 3.21. The van der Waals surface area contributed by atoms with Crippen LogP contribution >= 0.6 is 0 Å². The summed E-state index contributed by atoms with van der Waals surface area (Å²) >= 11 is 0. The minimum Gasteiger partial charge on any atom is -0.316 e. The van der Waals surface area contributed by atoms with E-state index in [2.05, 4.69) is 34.6 Å². The summed E-state index contributed by atoms with van der Waals surface area (Å²) < 4.78 is 0. The second kappa shape index (κ2) is 3.63. The molecule has 0 aliphatic carbocycles. The number of nitrogens with zero attached hydrogens (tertiary/aromatic N) is 1. The Morgan fingerprint density at radius 3 is 3.13 bits per heavy atom. The van der Waals surface area contributed by atoms with Crippen molar-refractivity contribution in [1.82, 2.24) is 10.3 Å². The van der Waals surface area contributed by atoms with Crippen LogP contribution in [-0.2, 0) is 0 Å². The minimum atomic E-state index is 0.677. The lowest BCUT2D eigenvalue weighted by atomic mass is 9.94. The number of fused-ring (bicyclic) bond motifs is 1. The molecule has 1 N–H and O–H groups in total. The molecule has 2 aromatic rings. The van der Waals surface area contributed by atoms with Crippen molar-refractivity contribution in [2.75, 3.05) is 13.1 Å². The molecule has 15 heavy (non-hydrogen) atoms. The van der Waals surface area contributed by atoms with Crippen LogP contribution < -0.4 is 5.32 Å². The summed E-state index contributed by atoms with van der Waals surface area (Å²) in [6.07, 6.45) is 5.08. The van der Waals surface area contributed by atoms with Crippen molar-refractivity contribution in [3.05, 3.63) is 42.2 Å². The zero-order chi connectivity index (χ0) is 10.1. The first-order valence-electron chi connectivity index (χ1n) is 5.48. The van der Waals surface area contributed by atoms with Gasteiger partial charge in [-0.1, -0.05) is 18.2 Å². The number of aromatic nitrogens is 1. The molecule has 1 saturated heterocycles. The Labute approximate surface area is 89.3 Å². The number of nitrogens with one attached hydrogen (secondary N) is 1. The lowest BCUT2D eigenvalue weighted by Gasteiger charge is -2.11. The summed E-state index contributed by atoms with van der Waals surface area (Å²) in [4.78, 5) is 4.16. The van der Waals surface area contributed by atoms with Gasteiger partial charge in [-0.05, 0) is 35.9 Å². The molecule has 0 radical (unpaired) electrons. The zero-order valence-corrected chi connectivity index (χ0v) is 8.61. The highest BCUT2D eigenvalue weighted by Crippen LogP contribution is 2.28. The minimum absolute atomic E-state index is 0.677. The Hall–Kier alpha value is -1.41. The Balaban J connectivity index is 2.16. The molecule has 2 heteroatoms. The molecule has 0 spiro atoms. The highest BCUT2D eigenvalue weighted by Gasteiger charge is 2.18. The van der Waals surface area contributed by atoms with Gasteiger partial charge < -0.3 is 5.32 Å². The number of rotatable bonds is 1. The first-order chi connectivity index (χ1) is 7.45. The lowest BCUT2D eigenvalue weighted by molar-refractivity contribution is 0.770. The van der Waals surface area contributed by atoms with E-state index in [9.17, 15) is 0 Å². The first-order valence-corrected chi connectivity index (χ1v) is 5.48. The second-order valence-electron chi connectivity index (χ2n) is 4.13. The number of benzene rings is 1. The third kappa shape index (κ3) is 1.51. The fourth-order valence-electron chi connectivity index (χ4n) is 2.42. The third-order valence-electron chi connectivity index (χ3n) is 3.21. The first kappa shape index (κ1) is 8.86. The van der Waals surface area contributed by atoms with Crippen molar-refractivity contribution in [2.45, 2.75) is 12.3 Å². The van der Waals surface area contributed by atoms with Gasteiger partial charge in [-0.15, -0.1) is 0 Å². The van der Waals surface area contributed by atoms with Gasteiger partial charge in [0.2, 0.25) is 0 Å². The van der Waals surface area contributed by atoms with Crippen molar-refractivity contribution >= 4 is 10.8 Å². The standard InChI is InChI=1S/C13H14N2/c1-2-10-8-15-7-5-13(10)12(3-1)11-4-6-14-9-11/h1-3,5,7-8,11,14H,4,6,9H2. The molecular formula is C13H14N2. The molecule has 76 valence electrons. The molecule has 0 saturated carbocycles. The van der Waals surface area contributed by atoms with Gasteiger partial charge in [0.15, 0.2) is 0 Å². The highest BCUT2D eigenvalue weighted by molar-refractivity contribution is 5.85. The molecule has 1 aliphatic heterocycles. The van der Waals surface area contributed by atoms with Crippen LogP contribution in [0.15, 0.2) is 36.7 Å². The van der Waals surface area contributed by atoms with E-state index in [-0.39, 0.29) is 0 Å². The van der Waals surface area contributed by atoms with Crippen molar-refractivity contribution in [3.63, 3.8) is 0 Å². The topological polar surface area (TPSA) is 24.9 Å². The Bertz CT molecular complexity index is 467. The fraction of sp³-hybridized carbons (Fsp3) is 0.308. The summed E-state index contributed by atoms with van der Waals surface area (Å²) in [5, 5.41) is 6.03. The smallest absolute Gasteiger partial charge is 0.0346 e. The van der Waals surface area contributed by atoms with Crippen LogP contribution in [0, 0.1) is 0 Å². The lowest BCUT2D eigenvalue weighted by Crippen LogP contribution is -2.08. The van der Waals surface area contributed by atoms with E-state index in [4.69, 9.17) is 0 Å². The van der Waals surface area contributed by atoms with Gasteiger partial charge in [0.25, 0.3) is 0 Å². The molecule has 2 nitrogen and oxygen atoms in total. The van der Waals surface area contributed by atoms with Gasteiger partial charge in [0, 0.05) is 24.3 Å². The van der Waals surface area contributed by atoms with E-state index in [1.807, 2.05) is 12.4 Å². The van der Waals surface area contributed by atoms with E-state index in [1.54, 1.807) is 0 Å². The van der Waals surface area contributed by atoms with Gasteiger partial charge in [-0.25, -0.2) is 0 Å². The average molecular weight is 198 g/mol. The maximum Gasteiger partial charge on any atom is 0.0346 e. The van der Waals surface area contributed by atoms with Gasteiger partial charge in [0.05, 0.1) is 0 Å². The summed E-state index contributed by atoms with van der Waals surface area (Å²) in [6, 6.07) is 8.65. The SMILES string of the molecule is c1cc(C2CCNC2)c2ccncc2c1. The Kier molecular flexibility index (Phi) is 2.14. The molecule has 1 aliphatic rings. The van der Waals surface area contributed by atoms with Gasteiger partial charge in [0.1, 0.15) is 0 Å². The van der Waals surface area contributed by atoms with Crippen LogP contribution in [0.5, 0.6) is 0 Å². The zero-order valence-electron chi connectivity index (χ0n) is 8.61. The molecule has 1 unspecified atom stereocenters. The maximum absolute atomic E-state index is 4.16. The summed E-state index contributed by atoms with van der Waals surface area (Å²) in [6.45, 7) is 2.26.